The predicted octanol–water partition coefficient (Wildman–Crippen LogP) is 3.66. The van der Waals surface area contributed by atoms with Crippen LogP contribution in [0.3, 0.4) is 0 Å². The summed E-state index contributed by atoms with van der Waals surface area (Å²) in [6, 6.07) is 25.8. The monoisotopic (exact) mass is 321 g/mol. The summed E-state index contributed by atoms with van der Waals surface area (Å²) in [5.74, 6) is 0. The lowest BCUT2D eigenvalue weighted by Gasteiger charge is -2.21. The lowest BCUT2D eigenvalue weighted by molar-refractivity contribution is -0.385. The van der Waals surface area contributed by atoms with Gasteiger partial charge < -0.3 is 0 Å². The third kappa shape index (κ3) is 3.15. The Kier molecular flexibility index (Phi) is 4.50. The zero-order valence-corrected chi connectivity index (χ0v) is 13.6. The molecule has 0 heterocycles. The van der Waals surface area contributed by atoms with E-state index in [-0.39, 0.29) is 10.6 Å². The van der Waals surface area contributed by atoms with Crippen LogP contribution in [0.2, 0.25) is 0 Å². The molecule has 0 fully saturated rings. The topological polar surface area (TPSA) is 43.1 Å². The Hall–Kier alpha value is -2.51. The summed E-state index contributed by atoms with van der Waals surface area (Å²) in [6.07, 6.45) is 0. The molecule has 0 atom stereocenters. The largest absolute Gasteiger partial charge is 0.272 e. The first-order valence-electron chi connectivity index (χ1n) is 7.32. The Labute approximate surface area is 136 Å². The van der Waals surface area contributed by atoms with E-state index >= 15 is 0 Å². The van der Waals surface area contributed by atoms with Gasteiger partial charge in [-0.2, -0.15) is 0 Å². The summed E-state index contributed by atoms with van der Waals surface area (Å²) < 4.78 is 0. The van der Waals surface area contributed by atoms with Crippen molar-refractivity contribution < 1.29 is 4.92 Å². The van der Waals surface area contributed by atoms with Crippen molar-refractivity contribution in [1.29, 1.82) is 0 Å². The molecule has 0 N–H and O–H groups in total. The molecule has 23 heavy (non-hydrogen) atoms. The summed E-state index contributed by atoms with van der Waals surface area (Å²) >= 11 is 0. The fourth-order valence-electron chi connectivity index (χ4n) is 2.63. The van der Waals surface area contributed by atoms with E-state index in [1.165, 1.54) is 10.6 Å². The van der Waals surface area contributed by atoms with Gasteiger partial charge in [-0.1, -0.05) is 72.8 Å². The minimum Gasteiger partial charge on any atom is -0.258 e. The van der Waals surface area contributed by atoms with Crippen molar-refractivity contribution in [2.75, 3.05) is 0 Å². The molecule has 4 heteroatoms. The van der Waals surface area contributed by atoms with E-state index in [1.807, 2.05) is 49.4 Å². The van der Waals surface area contributed by atoms with Crippen molar-refractivity contribution in [3.63, 3.8) is 0 Å². The molecule has 3 aromatic rings. The van der Waals surface area contributed by atoms with Gasteiger partial charge in [0, 0.05) is 11.6 Å². The molecule has 0 bridgehead atoms. The zero-order valence-electron chi connectivity index (χ0n) is 12.7. The molecule has 0 amide bonds. The summed E-state index contributed by atoms with van der Waals surface area (Å²) in [6.45, 7) is 1.84. The van der Waals surface area contributed by atoms with Crippen LogP contribution < -0.4 is 15.9 Å². The minimum absolute atomic E-state index is 0.182. The zero-order chi connectivity index (χ0) is 16.2. The number of nitrogens with zero attached hydrogens (tertiary/aromatic N) is 1. The van der Waals surface area contributed by atoms with Gasteiger partial charge >= 0.3 is 0 Å². The normalized spacial score (nSPS) is 10.7. The van der Waals surface area contributed by atoms with Crippen LogP contribution in [0.25, 0.3) is 0 Å². The lowest BCUT2D eigenvalue weighted by atomic mass is 10.2. The summed E-state index contributed by atoms with van der Waals surface area (Å²) in [5.41, 5.74) is 0.929. The molecule has 3 aromatic carbocycles. The van der Waals surface area contributed by atoms with Crippen LogP contribution in [0.15, 0.2) is 78.9 Å². The molecule has 0 saturated heterocycles. The van der Waals surface area contributed by atoms with Crippen molar-refractivity contribution in [2.24, 2.45) is 0 Å². The fourth-order valence-corrected chi connectivity index (χ4v) is 5.11. The average molecular weight is 321 g/mol. The van der Waals surface area contributed by atoms with Gasteiger partial charge in [0.05, 0.1) is 4.92 Å². The van der Waals surface area contributed by atoms with Crippen LogP contribution >= 0.6 is 7.92 Å². The van der Waals surface area contributed by atoms with Crippen LogP contribution in [-0.2, 0) is 0 Å². The Morgan fingerprint density at radius 3 is 1.78 bits per heavy atom. The highest BCUT2D eigenvalue weighted by molar-refractivity contribution is 7.79. The summed E-state index contributed by atoms with van der Waals surface area (Å²) in [4.78, 5) is 11.0. The summed E-state index contributed by atoms with van der Waals surface area (Å²) in [7, 11) is -0.812. The van der Waals surface area contributed by atoms with Crippen molar-refractivity contribution in [3.8, 4) is 0 Å². The molecular weight excluding hydrogens is 305 g/mol. The Morgan fingerprint density at radius 2 is 1.30 bits per heavy atom. The van der Waals surface area contributed by atoms with E-state index < -0.39 is 7.92 Å². The van der Waals surface area contributed by atoms with Gasteiger partial charge in [-0.3, -0.25) is 10.1 Å². The quantitative estimate of drug-likeness (QED) is 0.418. The average Bonchev–Trinajstić information content (AvgIpc) is 2.58. The second-order valence-electron chi connectivity index (χ2n) is 5.18. The highest BCUT2D eigenvalue weighted by Gasteiger charge is 2.22. The van der Waals surface area contributed by atoms with E-state index in [0.29, 0.717) is 0 Å². The van der Waals surface area contributed by atoms with Gasteiger partial charge in [-0.05, 0) is 30.8 Å². The molecule has 0 aliphatic rings. The molecule has 0 aliphatic heterocycles. The molecule has 0 radical (unpaired) electrons. The number of rotatable bonds is 4. The second kappa shape index (κ2) is 6.72. The Balaban J connectivity index is 2.21. The van der Waals surface area contributed by atoms with Crippen molar-refractivity contribution in [1.82, 2.24) is 0 Å². The second-order valence-corrected chi connectivity index (χ2v) is 7.37. The maximum Gasteiger partial charge on any atom is 0.272 e. The van der Waals surface area contributed by atoms with Gasteiger partial charge in [0.1, 0.15) is 0 Å². The van der Waals surface area contributed by atoms with E-state index in [9.17, 15) is 10.1 Å². The molecule has 0 saturated carbocycles. The molecule has 0 unspecified atom stereocenters. The van der Waals surface area contributed by atoms with Crippen molar-refractivity contribution >= 4 is 29.5 Å². The number of nitro groups is 1. The Morgan fingerprint density at radius 1 is 0.783 bits per heavy atom. The summed E-state index contributed by atoms with van der Waals surface area (Å²) in [5, 5.41) is 14.7. The fraction of sp³-hybridized carbons (Fsp3) is 0.0526. The van der Waals surface area contributed by atoms with Crippen LogP contribution in [-0.4, -0.2) is 4.92 Å². The third-order valence-electron chi connectivity index (χ3n) is 3.74. The van der Waals surface area contributed by atoms with Gasteiger partial charge in [0.25, 0.3) is 5.69 Å². The minimum atomic E-state index is -0.812. The highest BCUT2D eigenvalue weighted by atomic mass is 31.1. The van der Waals surface area contributed by atoms with Crippen LogP contribution in [0.4, 0.5) is 5.69 Å². The van der Waals surface area contributed by atoms with Crippen molar-refractivity contribution in [2.45, 2.75) is 6.92 Å². The van der Waals surface area contributed by atoms with Crippen molar-refractivity contribution in [3.05, 3.63) is 94.5 Å². The van der Waals surface area contributed by atoms with Gasteiger partial charge in [-0.15, -0.1) is 0 Å². The van der Waals surface area contributed by atoms with Crippen LogP contribution in [0, 0.1) is 17.0 Å². The highest BCUT2D eigenvalue weighted by Crippen LogP contribution is 2.35. The third-order valence-corrected chi connectivity index (χ3v) is 6.34. The van der Waals surface area contributed by atoms with E-state index in [2.05, 4.69) is 24.3 Å². The predicted molar refractivity (Wildman–Crippen MR) is 96.5 cm³/mol. The first-order valence-corrected chi connectivity index (χ1v) is 8.67. The molecular formula is C19H16NO2P. The maximum atomic E-state index is 11.3. The Bertz CT molecular complexity index is 780. The molecule has 0 spiro atoms. The van der Waals surface area contributed by atoms with Crippen LogP contribution in [0.5, 0.6) is 0 Å². The first-order chi connectivity index (χ1) is 11.2. The number of benzene rings is 3. The molecule has 3 nitrogen and oxygen atoms in total. The van der Waals surface area contributed by atoms with Gasteiger partial charge in [0.2, 0.25) is 0 Å². The molecule has 114 valence electrons. The molecule has 3 rings (SSSR count). The van der Waals surface area contributed by atoms with Gasteiger partial charge in [-0.25, -0.2) is 0 Å². The van der Waals surface area contributed by atoms with Crippen LogP contribution in [0.1, 0.15) is 5.56 Å². The smallest absolute Gasteiger partial charge is 0.258 e. The van der Waals surface area contributed by atoms with E-state index in [0.717, 1.165) is 10.9 Å². The molecule has 0 aromatic heterocycles. The van der Waals surface area contributed by atoms with Gasteiger partial charge in [0.15, 0.2) is 0 Å². The maximum absolute atomic E-state index is 11.3. The standard InChI is InChI=1S/C19H16NO2P/c1-15-18(20(21)22)13-8-14-19(15)23(16-9-4-2-5-10-16)17-11-6-3-7-12-17/h2-14H,1H3. The number of nitro benzene ring substituents is 1. The first kappa shape index (κ1) is 15.4. The molecule has 0 aliphatic carbocycles. The lowest BCUT2D eigenvalue weighted by Crippen LogP contribution is -2.22. The SMILES string of the molecule is Cc1c([N+](=O)[O-])cccc1P(c1ccccc1)c1ccccc1. The number of hydrogen-bond donors (Lipinski definition) is 0. The number of hydrogen-bond acceptors (Lipinski definition) is 2. The van der Waals surface area contributed by atoms with E-state index in [4.69, 9.17) is 0 Å². The van der Waals surface area contributed by atoms with E-state index in [1.54, 1.807) is 12.1 Å².